The van der Waals surface area contributed by atoms with Crippen LogP contribution in [0.3, 0.4) is 0 Å². The van der Waals surface area contributed by atoms with Crippen molar-refractivity contribution in [3.63, 3.8) is 0 Å². The quantitative estimate of drug-likeness (QED) is 0.101. The Morgan fingerprint density at radius 2 is 1.44 bits per heavy atom. The third-order valence-corrected chi connectivity index (χ3v) is 11.7. The highest BCUT2D eigenvalue weighted by Crippen LogP contribution is 2.50. The number of methoxy groups -OCH3 is 2. The second-order valence-electron chi connectivity index (χ2n) is 14.3. The molecule has 2 aliphatic rings. The first-order chi connectivity index (χ1) is 28.3. The van der Waals surface area contributed by atoms with Crippen molar-refractivity contribution in [3.05, 3.63) is 151 Å². The van der Waals surface area contributed by atoms with E-state index in [1.807, 2.05) is 78.9 Å². The van der Waals surface area contributed by atoms with Crippen LogP contribution >= 0.6 is 7.60 Å². The number of nitrogens with zero attached hydrogens (tertiary/aromatic N) is 3. The number of aliphatic hydroxyl groups excluding tert-OH is 1. The van der Waals surface area contributed by atoms with E-state index in [1.54, 1.807) is 21.1 Å². The number of hydrogen-bond acceptors (Lipinski definition) is 14. The Morgan fingerprint density at radius 1 is 0.847 bits per heavy atom. The average Bonchev–Trinajstić information content (AvgIpc) is 3.80. The number of nitrogen functional groups attached to an aromatic ring is 1. The summed E-state index contributed by atoms with van der Waals surface area (Å²) in [5.74, 6) is 1.33. The summed E-state index contributed by atoms with van der Waals surface area (Å²) in [7, 11) is -0.789. The standard InChI is InChI=1S/C41H46N5O12P/c1-25-22-46(40(50)44-38(25)48)36-20-31(47)33(56-36)24-55-59(4,51)58-32-21-37(45-19-18-35(42)43-39(45)49)57-34(32)23-54-41(26-8-6-5-7-9-26,27-10-14-29(52-2)15-11-27)28-12-16-30(53-3)17-13-28/h5-19,22,31-34,36-37,47H,20-21,23-24H2,1-4H3,(H2,42,43,49)(H,44,48,50)/t31-,32-,33+,34+,36+,37+,59?/m0/s1. The number of rotatable bonds is 15. The summed E-state index contributed by atoms with van der Waals surface area (Å²) in [5, 5.41) is 10.8. The fourth-order valence-corrected chi connectivity index (χ4v) is 8.57. The maximum absolute atomic E-state index is 14.1. The van der Waals surface area contributed by atoms with E-state index in [1.165, 1.54) is 34.3 Å². The normalized spacial score (nSPS) is 22.9. The Morgan fingerprint density at radius 3 is 2.05 bits per heavy atom. The highest BCUT2D eigenvalue weighted by molar-refractivity contribution is 7.53. The molecule has 312 valence electrons. The molecule has 0 spiro atoms. The Labute approximate surface area is 338 Å². The van der Waals surface area contributed by atoms with Crippen LogP contribution in [0.5, 0.6) is 11.5 Å². The average molecular weight is 832 g/mol. The van der Waals surface area contributed by atoms with Gasteiger partial charge < -0.3 is 43.6 Å². The van der Waals surface area contributed by atoms with Gasteiger partial charge in [0.2, 0.25) is 0 Å². The summed E-state index contributed by atoms with van der Waals surface area (Å²) in [6, 6.07) is 26.1. The third-order valence-electron chi connectivity index (χ3n) is 10.4. The van der Waals surface area contributed by atoms with Gasteiger partial charge in [-0.1, -0.05) is 54.6 Å². The summed E-state index contributed by atoms with van der Waals surface area (Å²) in [6.45, 7) is 2.34. The molecule has 18 heteroatoms. The molecule has 2 fully saturated rings. The first-order valence-corrected chi connectivity index (χ1v) is 20.8. The number of ether oxygens (including phenoxy) is 5. The molecule has 2 saturated heterocycles. The Kier molecular flexibility index (Phi) is 12.4. The lowest BCUT2D eigenvalue weighted by molar-refractivity contribution is -0.0932. The number of H-pyrrole nitrogens is 1. The predicted octanol–water partition coefficient (Wildman–Crippen LogP) is 3.87. The molecule has 0 bridgehead atoms. The summed E-state index contributed by atoms with van der Waals surface area (Å²) in [4.78, 5) is 43.5. The number of aliphatic hydroxyl groups is 1. The van der Waals surface area contributed by atoms with E-state index >= 15 is 0 Å². The van der Waals surface area contributed by atoms with Gasteiger partial charge in [0, 0.05) is 37.5 Å². The van der Waals surface area contributed by atoms with E-state index < -0.39 is 67.0 Å². The Bertz CT molecular complexity index is 2410. The Hall–Kier alpha value is -5.39. The SMILES string of the molecule is COc1ccc(C(OC[C@H]2O[C@@H](n3ccc(N)nc3=O)C[C@@H]2OP(C)(=O)OC[C@H]2O[C@@H](n3cc(C)c(=O)[nH]c3=O)C[C@@H]2O)(c2ccccc2)c2ccc(OC)cc2)cc1. The highest BCUT2D eigenvalue weighted by Gasteiger charge is 2.45. The van der Waals surface area contributed by atoms with Gasteiger partial charge in [-0.3, -0.25) is 23.5 Å². The van der Waals surface area contributed by atoms with E-state index in [-0.39, 0.29) is 37.4 Å². The van der Waals surface area contributed by atoms with Crippen LogP contribution < -0.4 is 32.1 Å². The van der Waals surface area contributed by atoms with E-state index in [0.717, 1.165) is 16.7 Å². The minimum absolute atomic E-state index is 0.0157. The van der Waals surface area contributed by atoms with Crippen LogP contribution in [0, 0.1) is 6.92 Å². The number of aryl methyl sites for hydroxylation is 1. The first-order valence-electron chi connectivity index (χ1n) is 18.8. The van der Waals surface area contributed by atoms with Crippen molar-refractivity contribution < 1.29 is 42.4 Å². The molecule has 2 aromatic heterocycles. The number of nitrogens with one attached hydrogen (secondary N) is 1. The molecular formula is C41H46N5O12P. The van der Waals surface area contributed by atoms with Crippen molar-refractivity contribution in [2.24, 2.45) is 0 Å². The number of nitrogens with two attached hydrogens (primary N) is 1. The lowest BCUT2D eigenvalue weighted by atomic mass is 9.80. The van der Waals surface area contributed by atoms with Crippen LogP contribution in [0.4, 0.5) is 5.82 Å². The van der Waals surface area contributed by atoms with E-state index in [9.17, 15) is 24.1 Å². The topological polar surface area (TPSA) is 218 Å². The van der Waals surface area contributed by atoms with Gasteiger partial charge in [0.15, 0.2) is 0 Å². The number of hydrogen-bond donors (Lipinski definition) is 3. The smallest absolute Gasteiger partial charge is 0.351 e. The molecule has 0 amide bonds. The van der Waals surface area contributed by atoms with Crippen molar-refractivity contribution in [2.45, 2.75) is 62.2 Å². The summed E-state index contributed by atoms with van der Waals surface area (Å²) < 4.78 is 59.1. The van der Waals surface area contributed by atoms with E-state index in [2.05, 4.69) is 9.97 Å². The van der Waals surface area contributed by atoms with Gasteiger partial charge >= 0.3 is 19.0 Å². The number of aromatic nitrogens is 4. The minimum atomic E-state index is -3.96. The summed E-state index contributed by atoms with van der Waals surface area (Å²) >= 11 is 0. The summed E-state index contributed by atoms with van der Waals surface area (Å²) in [6.07, 6.45) is -2.89. The zero-order valence-corrected chi connectivity index (χ0v) is 33.7. The number of aromatic amines is 1. The molecule has 59 heavy (non-hydrogen) atoms. The van der Waals surface area contributed by atoms with Gasteiger partial charge in [0.1, 0.15) is 47.6 Å². The summed E-state index contributed by atoms with van der Waals surface area (Å²) in [5.41, 5.74) is 5.27. The molecule has 0 radical (unpaired) electrons. The molecule has 5 aromatic rings. The van der Waals surface area contributed by atoms with Crippen LogP contribution in [0.2, 0.25) is 0 Å². The molecule has 0 aliphatic carbocycles. The lowest BCUT2D eigenvalue weighted by Gasteiger charge is -2.37. The van der Waals surface area contributed by atoms with Crippen molar-refractivity contribution in [3.8, 4) is 11.5 Å². The highest BCUT2D eigenvalue weighted by atomic mass is 31.2. The van der Waals surface area contributed by atoms with Crippen molar-refractivity contribution in [1.82, 2.24) is 19.1 Å². The van der Waals surface area contributed by atoms with Crippen LogP contribution in [-0.4, -0.2) is 82.7 Å². The molecule has 1 unspecified atom stereocenters. The van der Waals surface area contributed by atoms with Crippen LogP contribution in [0.1, 0.15) is 47.6 Å². The van der Waals surface area contributed by atoms with E-state index in [0.29, 0.717) is 11.5 Å². The van der Waals surface area contributed by atoms with Crippen molar-refractivity contribution in [1.29, 1.82) is 0 Å². The molecule has 17 nitrogen and oxygen atoms in total. The molecule has 7 atom stereocenters. The van der Waals surface area contributed by atoms with Gasteiger partial charge in [-0.05, 0) is 53.9 Å². The van der Waals surface area contributed by atoms with Crippen LogP contribution in [-0.2, 0) is 33.4 Å². The zero-order chi connectivity index (χ0) is 41.9. The molecule has 0 saturated carbocycles. The lowest BCUT2D eigenvalue weighted by Crippen LogP contribution is -2.38. The molecule has 2 aliphatic heterocycles. The minimum Gasteiger partial charge on any atom is -0.497 e. The monoisotopic (exact) mass is 831 g/mol. The maximum Gasteiger partial charge on any atom is 0.351 e. The van der Waals surface area contributed by atoms with Crippen molar-refractivity contribution >= 4 is 13.4 Å². The van der Waals surface area contributed by atoms with Crippen molar-refractivity contribution in [2.75, 3.05) is 39.8 Å². The molecule has 3 aromatic carbocycles. The zero-order valence-electron chi connectivity index (χ0n) is 32.8. The second-order valence-corrected chi connectivity index (χ2v) is 16.4. The van der Waals surface area contributed by atoms with Crippen LogP contribution in [0.25, 0.3) is 0 Å². The molecule has 4 heterocycles. The van der Waals surface area contributed by atoms with E-state index in [4.69, 9.17) is 38.5 Å². The fraction of sp³-hybridized carbons (Fsp3) is 0.366. The molecule has 4 N–H and O–H groups in total. The third kappa shape index (κ3) is 8.96. The number of anilines is 1. The van der Waals surface area contributed by atoms with Gasteiger partial charge in [0.05, 0.1) is 39.6 Å². The molecular weight excluding hydrogens is 785 g/mol. The number of benzene rings is 3. The Balaban J connectivity index is 1.17. The first kappa shape index (κ1) is 41.8. The van der Waals surface area contributed by atoms with Crippen LogP contribution in [0.15, 0.2) is 112 Å². The van der Waals surface area contributed by atoms with Gasteiger partial charge in [-0.25, -0.2) is 9.59 Å². The predicted molar refractivity (Wildman–Crippen MR) is 215 cm³/mol. The second kappa shape index (κ2) is 17.5. The molecule has 7 rings (SSSR count). The van der Waals surface area contributed by atoms with Gasteiger partial charge in [0.25, 0.3) is 5.56 Å². The largest absolute Gasteiger partial charge is 0.497 e. The fourth-order valence-electron chi connectivity index (χ4n) is 7.38. The van der Waals surface area contributed by atoms with Gasteiger partial charge in [-0.15, -0.1) is 0 Å². The van der Waals surface area contributed by atoms with Gasteiger partial charge in [-0.2, -0.15) is 4.98 Å². The maximum atomic E-state index is 14.1.